The topological polar surface area (TPSA) is 0 Å². The van der Waals surface area contributed by atoms with Crippen molar-refractivity contribution in [1.29, 1.82) is 0 Å². The van der Waals surface area contributed by atoms with E-state index in [2.05, 4.69) is 63.7 Å². The highest BCUT2D eigenvalue weighted by molar-refractivity contribution is 9.11. The van der Waals surface area contributed by atoms with E-state index in [9.17, 15) is 39.5 Å². The zero-order valence-corrected chi connectivity index (χ0v) is 20.6. The van der Waals surface area contributed by atoms with Gasteiger partial charge in [-0.1, -0.05) is 0 Å². The summed E-state index contributed by atoms with van der Waals surface area (Å²) in [6, 6.07) is 0. The molecule has 14 heteroatoms. The lowest BCUT2D eigenvalue weighted by molar-refractivity contribution is 0.407. The number of halogens is 14. The largest absolute Gasteiger partial charge is 0.206 e. The molecule has 32 heavy (non-hydrogen) atoms. The van der Waals surface area contributed by atoms with Gasteiger partial charge in [0.15, 0.2) is 52.4 Å². The van der Waals surface area contributed by atoms with Crippen LogP contribution in [0.1, 0.15) is 0 Å². The molecule has 0 saturated carbocycles. The van der Waals surface area contributed by atoms with Gasteiger partial charge in [-0.3, -0.25) is 0 Å². The molecule has 3 aromatic carbocycles. The van der Waals surface area contributed by atoms with Crippen molar-refractivity contribution in [2.24, 2.45) is 0 Å². The van der Waals surface area contributed by atoms with E-state index in [0.717, 1.165) is 0 Å². The molecule has 0 amide bonds. The molecule has 0 nitrogen and oxygen atoms in total. The molecule has 0 radical (unpaired) electrons. The van der Waals surface area contributed by atoms with E-state index in [0.29, 0.717) is 0 Å². The van der Waals surface area contributed by atoms with Crippen LogP contribution in [0.5, 0.6) is 0 Å². The first-order chi connectivity index (χ1) is 14.7. The van der Waals surface area contributed by atoms with Crippen molar-refractivity contribution in [1.82, 2.24) is 0 Å². The third-order valence-electron chi connectivity index (χ3n) is 4.18. The Labute approximate surface area is 205 Å². The molecule has 0 aliphatic rings. The Kier molecular flexibility index (Phi) is 7.10. The summed E-state index contributed by atoms with van der Waals surface area (Å²) < 4.78 is 138. The summed E-state index contributed by atoms with van der Waals surface area (Å²) in [6.45, 7) is 0. The maximum Gasteiger partial charge on any atom is 0.198 e. The molecule has 0 saturated heterocycles. The van der Waals surface area contributed by atoms with Gasteiger partial charge in [-0.25, -0.2) is 43.9 Å². The number of rotatable bonds is 2. The van der Waals surface area contributed by atoms with E-state index < -0.39 is 98.3 Å². The molecule has 0 aliphatic carbocycles. The Hall–Kier alpha value is -1.12. The van der Waals surface area contributed by atoms with Crippen LogP contribution in [0.15, 0.2) is 17.9 Å². The fraction of sp³-hybridized carbons (Fsp3) is 0. The van der Waals surface area contributed by atoms with Crippen LogP contribution in [0.4, 0.5) is 43.9 Å². The second kappa shape index (κ2) is 8.91. The minimum atomic E-state index is -2.39. The number of hydrogen-bond donors (Lipinski definition) is 0. The zero-order chi connectivity index (χ0) is 24.4. The molecule has 3 rings (SSSR count). The quantitative estimate of drug-likeness (QED) is 0.140. The third kappa shape index (κ3) is 3.61. The second-order valence-electron chi connectivity index (χ2n) is 5.90. The van der Waals surface area contributed by atoms with Crippen molar-refractivity contribution in [2.75, 3.05) is 0 Å². The molecular formula is C18Br4F10. The molecule has 0 unspecified atom stereocenters. The monoisotopic (exact) mass is 722 g/mol. The maximum atomic E-state index is 15.5. The van der Waals surface area contributed by atoms with Gasteiger partial charge >= 0.3 is 0 Å². The minimum Gasteiger partial charge on any atom is -0.206 e. The van der Waals surface area contributed by atoms with Crippen molar-refractivity contribution in [3.8, 4) is 22.3 Å². The van der Waals surface area contributed by atoms with Crippen molar-refractivity contribution in [3.05, 3.63) is 76.1 Å². The highest BCUT2D eigenvalue weighted by atomic mass is 79.9. The normalized spacial score (nSPS) is 11.4. The highest BCUT2D eigenvalue weighted by Crippen LogP contribution is 2.49. The van der Waals surface area contributed by atoms with Crippen LogP contribution >= 0.6 is 63.7 Å². The van der Waals surface area contributed by atoms with Crippen LogP contribution in [-0.4, -0.2) is 0 Å². The predicted molar refractivity (Wildman–Crippen MR) is 108 cm³/mol. The standard InChI is InChI=1S/C18Br4F10/c19-5-1(3-7(21)13(27)17(31)15(29)10(3)24)9(23)2(6(20)12(5)26)4-8(22)14(28)18(32)16(30)11(4)25. The summed E-state index contributed by atoms with van der Waals surface area (Å²) in [6.07, 6.45) is 0. The summed E-state index contributed by atoms with van der Waals surface area (Å²) >= 11 is 9.93. The van der Waals surface area contributed by atoms with Gasteiger partial charge in [0.2, 0.25) is 0 Å². The molecular weight excluding hydrogens is 726 g/mol. The van der Waals surface area contributed by atoms with Crippen molar-refractivity contribution >= 4 is 63.7 Å². The van der Waals surface area contributed by atoms with Crippen LogP contribution in [0.25, 0.3) is 22.3 Å². The molecule has 0 bridgehead atoms. The van der Waals surface area contributed by atoms with E-state index in [-0.39, 0.29) is 0 Å². The maximum absolute atomic E-state index is 15.5. The van der Waals surface area contributed by atoms with Crippen LogP contribution in [0.2, 0.25) is 0 Å². The van der Waals surface area contributed by atoms with Crippen molar-refractivity contribution in [3.63, 3.8) is 0 Å². The summed E-state index contributed by atoms with van der Waals surface area (Å²) in [4.78, 5) is 0. The summed E-state index contributed by atoms with van der Waals surface area (Å²) in [5.41, 5.74) is -5.37. The lowest BCUT2D eigenvalue weighted by Gasteiger charge is -2.18. The van der Waals surface area contributed by atoms with E-state index in [1.807, 2.05) is 0 Å². The molecule has 3 aromatic rings. The Balaban J connectivity index is 2.59. The first-order valence-corrected chi connectivity index (χ1v) is 10.8. The average molecular weight is 726 g/mol. The SMILES string of the molecule is Fc1c(F)c(F)c(-c2c(F)c(-c3c(F)c(F)c(F)c(F)c3Br)c(Br)c(F)c2Br)c(Br)c1F. The molecule has 0 spiro atoms. The molecule has 0 aliphatic heterocycles. The van der Waals surface area contributed by atoms with Gasteiger partial charge in [0.05, 0.1) is 17.9 Å². The van der Waals surface area contributed by atoms with E-state index >= 15 is 4.39 Å². The minimum absolute atomic E-state index is 0.977. The molecule has 0 aromatic heterocycles. The summed E-state index contributed by atoms with van der Waals surface area (Å²) in [5.74, 6) is -21.1. The number of benzene rings is 3. The van der Waals surface area contributed by atoms with Gasteiger partial charge in [0.1, 0.15) is 5.82 Å². The lowest BCUT2D eigenvalue weighted by Crippen LogP contribution is -2.07. The molecule has 0 fully saturated rings. The van der Waals surface area contributed by atoms with Crippen LogP contribution < -0.4 is 0 Å². The molecule has 170 valence electrons. The Morgan fingerprint density at radius 1 is 0.250 bits per heavy atom. The van der Waals surface area contributed by atoms with Crippen LogP contribution in [0, 0.1) is 58.2 Å². The molecule has 0 N–H and O–H groups in total. The fourth-order valence-corrected chi connectivity index (χ4v) is 5.22. The van der Waals surface area contributed by atoms with Crippen LogP contribution in [-0.2, 0) is 0 Å². The van der Waals surface area contributed by atoms with Crippen LogP contribution in [0.3, 0.4) is 0 Å². The van der Waals surface area contributed by atoms with Gasteiger partial charge < -0.3 is 0 Å². The zero-order valence-electron chi connectivity index (χ0n) is 14.3. The average Bonchev–Trinajstić information content (AvgIpc) is 2.76. The highest BCUT2D eigenvalue weighted by Gasteiger charge is 2.35. The summed E-state index contributed by atoms with van der Waals surface area (Å²) in [7, 11) is 0. The van der Waals surface area contributed by atoms with E-state index in [4.69, 9.17) is 0 Å². The molecule has 0 heterocycles. The van der Waals surface area contributed by atoms with Gasteiger partial charge in [-0.15, -0.1) is 0 Å². The van der Waals surface area contributed by atoms with Gasteiger partial charge in [-0.2, -0.15) is 0 Å². The van der Waals surface area contributed by atoms with Crippen molar-refractivity contribution in [2.45, 2.75) is 0 Å². The number of hydrogen-bond acceptors (Lipinski definition) is 0. The Morgan fingerprint density at radius 2 is 0.469 bits per heavy atom. The fourth-order valence-electron chi connectivity index (χ4n) is 2.72. The summed E-state index contributed by atoms with van der Waals surface area (Å²) in [5, 5.41) is 0. The predicted octanol–water partition coefficient (Wildman–Crippen LogP) is 9.46. The first kappa shape index (κ1) is 25.5. The van der Waals surface area contributed by atoms with Crippen molar-refractivity contribution < 1.29 is 43.9 Å². The first-order valence-electron chi connectivity index (χ1n) is 7.65. The Morgan fingerprint density at radius 3 is 0.781 bits per heavy atom. The smallest absolute Gasteiger partial charge is 0.198 e. The molecule has 0 atom stereocenters. The third-order valence-corrected chi connectivity index (χ3v) is 7.16. The second-order valence-corrected chi connectivity index (χ2v) is 9.07. The Bertz CT molecular complexity index is 1170. The van der Waals surface area contributed by atoms with E-state index in [1.165, 1.54) is 0 Å². The van der Waals surface area contributed by atoms with E-state index in [1.54, 1.807) is 0 Å². The van der Waals surface area contributed by atoms with Gasteiger partial charge in [0, 0.05) is 22.3 Å². The van der Waals surface area contributed by atoms with Gasteiger partial charge in [-0.05, 0) is 63.7 Å². The van der Waals surface area contributed by atoms with Gasteiger partial charge in [0.25, 0.3) is 0 Å². The lowest BCUT2D eigenvalue weighted by atomic mass is 9.96.